The normalized spacial score (nSPS) is 15.4. The van der Waals surface area contributed by atoms with Crippen molar-refractivity contribution < 1.29 is 31.4 Å². The van der Waals surface area contributed by atoms with Gasteiger partial charge in [0.05, 0.1) is 28.7 Å². The van der Waals surface area contributed by atoms with Gasteiger partial charge in [0.2, 0.25) is 10.0 Å². The Labute approximate surface area is 208 Å². The van der Waals surface area contributed by atoms with Crippen molar-refractivity contribution in [1.29, 1.82) is 0 Å². The summed E-state index contributed by atoms with van der Waals surface area (Å²) in [6.07, 6.45) is 1.80. The lowest BCUT2D eigenvalue weighted by atomic mass is 10.0. The third-order valence-corrected chi connectivity index (χ3v) is 8.59. The standard InChI is InChI=1S/C24H34N2O7S2/c1-17(2)14-26(23-6-4-21(12-18(23)3)34(25,28)29)35(30,31)22-5-7-24(20(13-22)15-27)33-16-19-8-10-32-11-9-19/h4-7,12-13,17,19,27H,8-11,14-16H2,1-3H3,(H2,25,28,29). The number of primary sulfonamides is 1. The summed E-state index contributed by atoms with van der Waals surface area (Å²) in [5.74, 6) is 0.784. The minimum absolute atomic E-state index is 0.00976. The Balaban J connectivity index is 1.94. The first-order chi connectivity index (χ1) is 16.4. The second kappa shape index (κ2) is 11.3. The van der Waals surface area contributed by atoms with Crippen molar-refractivity contribution in [1.82, 2.24) is 0 Å². The summed E-state index contributed by atoms with van der Waals surface area (Å²) in [6.45, 7) is 7.08. The van der Waals surface area contributed by atoms with E-state index in [1.54, 1.807) is 13.0 Å². The topological polar surface area (TPSA) is 136 Å². The molecule has 2 aromatic carbocycles. The van der Waals surface area contributed by atoms with Crippen LogP contribution in [0.4, 0.5) is 5.69 Å². The summed E-state index contributed by atoms with van der Waals surface area (Å²) < 4.78 is 63.5. The molecule has 3 N–H and O–H groups in total. The minimum atomic E-state index is -4.04. The number of sulfonamides is 2. The van der Waals surface area contributed by atoms with Crippen LogP contribution in [0.5, 0.6) is 5.75 Å². The van der Waals surface area contributed by atoms with E-state index < -0.39 is 20.0 Å². The van der Waals surface area contributed by atoms with E-state index in [2.05, 4.69) is 0 Å². The molecule has 0 atom stereocenters. The molecule has 1 saturated heterocycles. The summed E-state index contributed by atoms with van der Waals surface area (Å²) in [5.41, 5.74) is 1.19. The average molecular weight is 527 g/mol. The van der Waals surface area contributed by atoms with Crippen LogP contribution in [-0.2, 0) is 31.4 Å². The Morgan fingerprint density at radius 3 is 2.31 bits per heavy atom. The van der Waals surface area contributed by atoms with Crippen LogP contribution < -0.4 is 14.2 Å². The Morgan fingerprint density at radius 1 is 1.09 bits per heavy atom. The zero-order chi connectivity index (χ0) is 25.8. The first-order valence-corrected chi connectivity index (χ1v) is 14.5. The van der Waals surface area contributed by atoms with Crippen molar-refractivity contribution in [2.75, 3.05) is 30.7 Å². The highest BCUT2D eigenvalue weighted by molar-refractivity contribution is 7.92. The van der Waals surface area contributed by atoms with Crippen LogP contribution in [-0.4, -0.2) is 48.3 Å². The van der Waals surface area contributed by atoms with E-state index in [9.17, 15) is 21.9 Å². The summed E-state index contributed by atoms with van der Waals surface area (Å²) >= 11 is 0. The number of ether oxygens (including phenoxy) is 2. The highest BCUT2D eigenvalue weighted by Crippen LogP contribution is 2.32. The Hall–Kier alpha value is -2.18. The van der Waals surface area contributed by atoms with E-state index in [0.29, 0.717) is 48.3 Å². The van der Waals surface area contributed by atoms with E-state index in [0.717, 1.165) is 12.8 Å². The summed E-state index contributed by atoms with van der Waals surface area (Å²) in [4.78, 5) is -0.0789. The molecule has 9 nitrogen and oxygen atoms in total. The molecular formula is C24H34N2O7S2. The van der Waals surface area contributed by atoms with Gasteiger partial charge in [0.1, 0.15) is 5.75 Å². The van der Waals surface area contributed by atoms with Crippen LogP contribution in [0.2, 0.25) is 0 Å². The van der Waals surface area contributed by atoms with E-state index in [1.807, 2.05) is 13.8 Å². The molecule has 0 saturated carbocycles. The lowest BCUT2D eigenvalue weighted by Crippen LogP contribution is -2.35. The van der Waals surface area contributed by atoms with E-state index in [1.165, 1.54) is 34.6 Å². The number of nitrogens with zero attached hydrogens (tertiary/aromatic N) is 1. The molecule has 0 aliphatic carbocycles. The van der Waals surface area contributed by atoms with Crippen LogP contribution >= 0.6 is 0 Å². The maximum atomic E-state index is 13.7. The molecular weight excluding hydrogens is 492 g/mol. The average Bonchev–Trinajstić information content (AvgIpc) is 2.81. The molecule has 194 valence electrons. The largest absolute Gasteiger partial charge is 0.493 e. The number of nitrogens with two attached hydrogens (primary N) is 1. The van der Waals surface area contributed by atoms with Crippen LogP contribution in [0.1, 0.15) is 37.8 Å². The number of anilines is 1. The SMILES string of the molecule is Cc1cc(S(N)(=O)=O)ccc1N(CC(C)C)S(=O)(=O)c1ccc(OCC2CCOCC2)c(CO)c1. The first-order valence-electron chi connectivity index (χ1n) is 11.5. The number of rotatable bonds is 10. The molecule has 0 amide bonds. The first kappa shape index (κ1) is 27.4. The van der Waals surface area contributed by atoms with Gasteiger partial charge in [0.15, 0.2) is 0 Å². The van der Waals surface area contributed by atoms with Crippen LogP contribution in [0, 0.1) is 18.8 Å². The van der Waals surface area contributed by atoms with Gasteiger partial charge in [0.25, 0.3) is 10.0 Å². The maximum absolute atomic E-state index is 13.7. The quantitative estimate of drug-likeness (QED) is 0.486. The highest BCUT2D eigenvalue weighted by Gasteiger charge is 2.28. The molecule has 1 aliphatic heterocycles. The second-order valence-electron chi connectivity index (χ2n) is 9.22. The highest BCUT2D eigenvalue weighted by atomic mass is 32.2. The van der Waals surface area contributed by atoms with Crippen LogP contribution in [0.25, 0.3) is 0 Å². The van der Waals surface area contributed by atoms with Crippen molar-refractivity contribution in [2.24, 2.45) is 17.0 Å². The monoisotopic (exact) mass is 526 g/mol. The molecule has 3 rings (SSSR count). The number of aryl methyl sites for hydroxylation is 1. The van der Waals surface area contributed by atoms with Crippen molar-refractivity contribution >= 4 is 25.7 Å². The molecule has 0 radical (unpaired) electrons. The fraction of sp³-hybridized carbons (Fsp3) is 0.500. The molecule has 2 aromatic rings. The fourth-order valence-electron chi connectivity index (χ4n) is 3.97. The molecule has 1 fully saturated rings. The van der Waals surface area contributed by atoms with Crippen molar-refractivity contribution in [3.63, 3.8) is 0 Å². The van der Waals surface area contributed by atoms with Crippen molar-refractivity contribution in [3.8, 4) is 5.75 Å². The number of benzene rings is 2. The van der Waals surface area contributed by atoms with Crippen LogP contribution in [0.15, 0.2) is 46.2 Å². The molecule has 35 heavy (non-hydrogen) atoms. The van der Waals surface area contributed by atoms with E-state index in [-0.39, 0.29) is 28.9 Å². The molecule has 0 spiro atoms. The van der Waals surface area contributed by atoms with E-state index in [4.69, 9.17) is 14.6 Å². The lowest BCUT2D eigenvalue weighted by molar-refractivity contribution is 0.0494. The minimum Gasteiger partial charge on any atom is -0.493 e. The van der Waals surface area contributed by atoms with Gasteiger partial charge in [-0.15, -0.1) is 0 Å². The fourth-order valence-corrected chi connectivity index (χ4v) is 6.31. The van der Waals surface area contributed by atoms with Gasteiger partial charge >= 0.3 is 0 Å². The maximum Gasteiger partial charge on any atom is 0.264 e. The van der Waals surface area contributed by atoms with Crippen molar-refractivity contribution in [3.05, 3.63) is 47.5 Å². The third-order valence-electron chi connectivity index (χ3n) is 5.90. The smallest absolute Gasteiger partial charge is 0.264 e. The Bertz CT molecular complexity index is 1240. The van der Waals surface area contributed by atoms with Gasteiger partial charge in [-0.05, 0) is 73.6 Å². The Morgan fingerprint density at radius 2 is 1.74 bits per heavy atom. The van der Waals surface area contributed by atoms with Gasteiger partial charge < -0.3 is 14.6 Å². The van der Waals surface area contributed by atoms with Crippen LogP contribution in [0.3, 0.4) is 0 Å². The molecule has 11 heteroatoms. The van der Waals surface area contributed by atoms with Crippen molar-refractivity contribution in [2.45, 2.75) is 50.0 Å². The van der Waals surface area contributed by atoms with Gasteiger partial charge in [-0.2, -0.15) is 0 Å². The second-order valence-corrected chi connectivity index (χ2v) is 12.6. The summed E-state index contributed by atoms with van der Waals surface area (Å²) in [7, 11) is -7.96. The molecule has 1 aliphatic rings. The Kier molecular flexibility index (Phi) is 8.81. The van der Waals surface area contributed by atoms with E-state index >= 15 is 0 Å². The number of aliphatic hydroxyl groups excluding tert-OH is 1. The zero-order valence-electron chi connectivity index (χ0n) is 20.3. The number of aliphatic hydroxyl groups is 1. The predicted molar refractivity (Wildman–Crippen MR) is 133 cm³/mol. The van der Waals surface area contributed by atoms with Gasteiger partial charge in [-0.25, -0.2) is 22.0 Å². The molecule has 1 heterocycles. The molecule has 0 bridgehead atoms. The number of hydrogen-bond acceptors (Lipinski definition) is 7. The summed E-state index contributed by atoms with van der Waals surface area (Å²) in [6, 6.07) is 8.58. The molecule has 0 unspecified atom stereocenters. The molecule has 0 aromatic heterocycles. The van der Waals surface area contributed by atoms with Gasteiger partial charge in [-0.3, -0.25) is 4.31 Å². The van der Waals surface area contributed by atoms with Gasteiger partial charge in [-0.1, -0.05) is 13.8 Å². The lowest BCUT2D eigenvalue weighted by Gasteiger charge is -2.28. The number of hydrogen-bond donors (Lipinski definition) is 2. The zero-order valence-corrected chi connectivity index (χ0v) is 21.9. The summed E-state index contributed by atoms with van der Waals surface area (Å²) in [5, 5.41) is 15.1. The predicted octanol–water partition coefficient (Wildman–Crippen LogP) is 2.79. The third kappa shape index (κ3) is 6.73. The van der Waals surface area contributed by atoms with Gasteiger partial charge in [0, 0.05) is 25.3 Å².